The van der Waals surface area contributed by atoms with Crippen LogP contribution in [0.1, 0.15) is 5.56 Å². The predicted octanol–water partition coefficient (Wildman–Crippen LogP) is 2.44. The molecular weight excluding hydrogens is 374 g/mol. The third-order valence-electron chi connectivity index (χ3n) is 4.09. The fraction of sp³-hybridized carbons (Fsp3) is 0.300. The highest BCUT2D eigenvalue weighted by molar-refractivity contribution is 7.99. The number of hydrogen-bond donors (Lipinski definition) is 1. The maximum absolute atomic E-state index is 12.2. The first-order chi connectivity index (χ1) is 13.8. The summed E-state index contributed by atoms with van der Waals surface area (Å²) in [6.45, 7) is 1.76. The molecule has 1 aromatic carbocycles. The van der Waals surface area contributed by atoms with E-state index in [1.54, 1.807) is 19.5 Å². The zero-order valence-electron chi connectivity index (χ0n) is 15.7. The minimum Gasteiger partial charge on any atom is -0.383 e. The summed E-state index contributed by atoms with van der Waals surface area (Å²) < 4.78 is 7.18. The van der Waals surface area contributed by atoms with Crippen molar-refractivity contribution in [1.29, 1.82) is 0 Å². The van der Waals surface area contributed by atoms with Crippen LogP contribution in [0, 0.1) is 0 Å². The summed E-state index contributed by atoms with van der Waals surface area (Å²) in [6.07, 6.45) is 4.25. The van der Waals surface area contributed by atoms with Crippen molar-refractivity contribution in [3.05, 3.63) is 60.4 Å². The number of ether oxygens (including phenoxy) is 1. The molecule has 1 amide bonds. The van der Waals surface area contributed by atoms with E-state index in [9.17, 15) is 4.79 Å². The van der Waals surface area contributed by atoms with Gasteiger partial charge in [-0.3, -0.25) is 14.3 Å². The molecule has 0 aliphatic heterocycles. The van der Waals surface area contributed by atoms with E-state index in [4.69, 9.17) is 4.74 Å². The lowest BCUT2D eigenvalue weighted by molar-refractivity contribution is -0.118. The van der Waals surface area contributed by atoms with Gasteiger partial charge in [-0.25, -0.2) is 0 Å². The maximum atomic E-state index is 12.2. The SMILES string of the molecule is COCCn1c(SCC(=O)NCCc2ccccc2)nnc1-c1ccncc1. The molecule has 2 aromatic heterocycles. The summed E-state index contributed by atoms with van der Waals surface area (Å²) >= 11 is 1.37. The molecule has 3 rings (SSSR count). The largest absolute Gasteiger partial charge is 0.383 e. The van der Waals surface area contributed by atoms with Crippen molar-refractivity contribution in [3.63, 3.8) is 0 Å². The van der Waals surface area contributed by atoms with Crippen molar-refractivity contribution in [2.75, 3.05) is 26.0 Å². The normalized spacial score (nSPS) is 10.8. The zero-order chi connectivity index (χ0) is 19.6. The van der Waals surface area contributed by atoms with Gasteiger partial charge < -0.3 is 10.1 Å². The van der Waals surface area contributed by atoms with Gasteiger partial charge in [-0.2, -0.15) is 0 Å². The van der Waals surface area contributed by atoms with E-state index in [1.165, 1.54) is 17.3 Å². The monoisotopic (exact) mass is 397 g/mol. The molecule has 0 aliphatic rings. The Labute approximate surface area is 168 Å². The van der Waals surface area contributed by atoms with Gasteiger partial charge in [0.15, 0.2) is 11.0 Å². The molecule has 0 aliphatic carbocycles. The van der Waals surface area contributed by atoms with Crippen molar-refractivity contribution in [2.45, 2.75) is 18.1 Å². The van der Waals surface area contributed by atoms with Gasteiger partial charge in [0.25, 0.3) is 0 Å². The fourth-order valence-corrected chi connectivity index (χ4v) is 3.46. The number of benzene rings is 1. The molecule has 8 heteroatoms. The summed E-state index contributed by atoms with van der Waals surface area (Å²) in [6, 6.07) is 13.9. The highest BCUT2D eigenvalue weighted by atomic mass is 32.2. The first-order valence-corrected chi connectivity index (χ1v) is 10.0. The van der Waals surface area contributed by atoms with E-state index in [1.807, 2.05) is 34.9 Å². The van der Waals surface area contributed by atoms with Crippen LogP contribution in [-0.2, 0) is 22.5 Å². The molecular formula is C20H23N5O2S. The summed E-state index contributed by atoms with van der Waals surface area (Å²) in [5, 5.41) is 12.2. The van der Waals surface area contributed by atoms with Crippen LogP contribution < -0.4 is 5.32 Å². The second-order valence-corrected chi connectivity index (χ2v) is 7.00. The lowest BCUT2D eigenvalue weighted by Gasteiger charge is -2.10. The molecule has 2 heterocycles. The van der Waals surface area contributed by atoms with Crippen LogP contribution in [0.5, 0.6) is 0 Å². The van der Waals surface area contributed by atoms with Crippen LogP contribution in [0.2, 0.25) is 0 Å². The number of rotatable bonds is 10. The molecule has 0 fully saturated rings. The number of aromatic nitrogens is 4. The lowest BCUT2D eigenvalue weighted by atomic mass is 10.1. The van der Waals surface area contributed by atoms with Crippen LogP contribution in [0.3, 0.4) is 0 Å². The smallest absolute Gasteiger partial charge is 0.230 e. The quantitative estimate of drug-likeness (QED) is 0.529. The van der Waals surface area contributed by atoms with Gasteiger partial charge in [-0.15, -0.1) is 10.2 Å². The number of hydrogen-bond acceptors (Lipinski definition) is 6. The molecule has 7 nitrogen and oxygen atoms in total. The number of pyridine rings is 1. The Bertz CT molecular complexity index is 871. The summed E-state index contributed by atoms with van der Waals surface area (Å²) in [7, 11) is 1.66. The predicted molar refractivity (Wildman–Crippen MR) is 109 cm³/mol. The number of carbonyl (C=O) groups excluding carboxylic acids is 1. The van der Waals surface area contributed by atoms with Crippen LogP contribution in [0.4, 0.5) is 0 Å². The number of thioether (sulfide) groups is 1. The molecule has 1 N–H and O–H groups in total. The Hall–Kier alpha value is -2.71. The summed E-state index contributed by atoms with van der Waals surface area (Å²) in [4.78, 5) is 16.2. The van der Waals surface area contributed by atoms with E-state index < -0.39 is 0 Å². The van der Waals surface area contributed by atoms with E-state index >= 15 is 0 Å². The number of carbonyl (C=O) groups is 1. The maximum Gasteiger partial charge on any atom is 0.230 e. The molecule has 0 bridgehead atoms. The highest BCUT2D eigenvalue weighted by Gasteiger charge is 2.15. The Kier molecular flexibility index (Phi) is 7.57. The molecule has 3 aromatic rings. The first-order valence-electron chi connectivity index (χ1n) is 9.04. The van der Waals surface area contributed by atoms with Gasteiger partial charge in [-0.1, -0.05) is 42.1 Å². The van der Waals surface area contributed by atoms with Crippen molar-refractivity contribution in [1.82, 2.24) is 25.1 Å². The van der Waals surface area contributed by atoms with Crippen molar-refractivity contribution >= 4 is 17.7 Å². The molecule has 0 unspecified atom stereocenters. The van der Waals surface area contributed by atoms with Gasteiger partial charge >= 0.3 is 0 Å². The zero-order valence-corrected chi connectivity index (χ0v) is 16.6. The number of amides is 1. The van der Waals surface area contributed by atoms with Crippen LogP contribution >= 0.6 is 11.8 Å². The molecule has 0 radical (unpaired) electrons. The number of nitrogens with zero attached hydrogens (tertiary/aromatic N) is 4. The second-order valence-electron chi connectivity index (χ2n) is 6.06. The van der Waals surface area contributed by atoms with E-state index in [2.05, 4.69) is 32.6 Å². The van der Waals surface area contributed by atoms with Crippen LogP contribution in [0.25, 0.3) is 11.4 Å². The minimum atomic E-state index is -0.0207. The van der Waals surface area contributed by atoms with Crippen LogP contribution in [-0.4, -0.2) is 51.7 Å². The molecule has 28 heavy (non-hydrogen) atoms. The minimum absolute atomic E-state index is 0.0207. The average Bonchev–Trinajstić information content (AvgIpc) is 3.15. The molecule has 0 atom stereocenters. The van der Waals surface area contributed by atoms with Gasteiger partial charge in [0.05, 0.1) is 18.9 Å². The molecule has 0 spiro atoms. The Morgan fingerprint density at radius 1 is 1.14 bits per heavy atom. The Morgan fingerprint density at radius 2 is 1.93 bits per heavy atom. The van der Waals surface area contributed by atoms with Gasteiger partial charge in [0.2, 0.25) is 5.91 Å². The molecule has 0 saturated carbocycles. The van der Waals surface area contributed by atoms with E-state index in [0.717, 1.165) is 17.8 Å². The van der Waals surface area contributed by atoms with Gasteiger partial charge in [0.1, 0.15) is 0 Å². The fourth-order valence-electron chi connectivity index (χ4n) is 2.67. The van der Waals surface area contributed by atoms with E-state index in [-0.39, 0.29) is 11.7 Å². The topological polar surface area (TPSA) is 81.9 Å². The number of nitrogens with one attached hydrogen (secondary N) is 1. The standard InChI is InChI=1S/C20H23N5O2S/c1-27-14-13-25-19(17-8-10-21-11-9-17)23-24-20(25)28-15-18(26)22-12-7-16-5-3-2-4-6-16/h2-6,8-11H,7,12-15H2,1H3,(H,22,26). The Balaban J connectivity index is 1.57. The third kappa shape index (κ3) is 5.64. The second kappa shape index (κ2) is 10.6. The lowest BCUT2D eigenvalue weighted by Crippen LogP contribution is -2.27. The van der Waals surface area contributed by atoms with Gasteiger partial charge in [0, 0.05) is 31.6 Å². The van der Waals surface area contributed by atoms with Crippen molar-refractivity contribution in [3.8, 4) is 11.4 Å². The molecule has 146 valence electrons. The first kappa shape index (κ1) is 20.0. The Morgan fingerprint density at radius 3 is 2.68 bits per heavy atom. The molecule has 0 saturated heterocycles. The summed E-state index contributed by atoms with van der Waals surface area (Å²) in [5.74, 6) is 1.01. The third-order valence-corrected chi connectivity index (χ3v) is 5.05. The highest BCUT2D eigenvalue weighted by Crippen LogP contribution is 2.23. The van der Waals surface area contributed by atoms with Crippen LogP contribution in [0.15, 0.2) is 60.0 Å². The average molecular weight is 398 g/mol. The van der Waals surface area contributed by atoms with E-state index in [0.29, 0.717) is 24.9 Å². The van der Waals surface area contributed by atoms with Gasteiger partial charge in [-0.05, 0) is 24.1 Å². The summed E-state index contributed by atoms with van der Waals surface area (Å²) in [5.41, 5.74) is 2.13. The van der Waals surface area contributed by atoms with Crippen molar-refractivity contribution in [2.24, 2.45) is 0 Å². The number of methoxy groups -OCH3 is 1. The van der Waals surface area contributed by atoms with Crippen molar-refractivity contribution < 1.29 is 9.53 Å².